The Morgan fingerprint density at radius 3 is 1.89 bits per heavy atom. The highest BCUT2D eigenvalue weighted by molar-refractivity contribution is 5.85. The molecule has 1 amide bonds. The molecule has 0 saturated carbocycles. The minimum Gasteiger partial charge on any atom is -0.331 e. The van der Waals surface area contributed by atoms with Crippen molar-refractivity contribution in [2.24, 2.45) is 0 Å². The molecule has 0 radical (unpaired) electrons. The van der Waals surface area contributed by atoms with Gasteiger partial charge in [-0.2, -0.15) is 0 Å². The number of halogens is 1. The van der Waals surface area contributed by atoms with E-state index >= 15 is 0 Å². The van der Waals surface area contributed by atoms with Crippen molar-refractivity contribution in [1.82, 2.24) is 10.2 Å². The lowest BCUT2D eigenvalue weighted by Gasteiger charge is -2.30. The maximum absolute atomic E-state index is 13.0. The summed E-state index contributed by atoms with van der Waals surface area (Å²) in [5.74, 6) is 0.103. The highest BCUT2D eigenvalue weighted by Gasteiger charge is 2.21. The average Bonchev–Trinajstić information content (AvgIpc) is 2.73. The van der Waals surface area contributed by atoms with Gasteiger partial charge in [-0.05, 0) is 23.6 Å². The molecule has 0 spiro atoms. The first-order chi connectivity index (χ1) is 13.2. The van der Waals surface area contributed by atoms with Gasteiger partial charge in [0.05, 0.1) is 12.6 Å². The van der Waals surface area contributed by atoms with Crippen LogP contribution in [0.15, 0.2) is 91.0 Å². The summed E-state index contributed by atoms with van der Waals surface area (Å²) in [5, 5.41) is 3.28. The average molecular weight is 395 g/mol. The van der Waals surface area contributed by atoms with Gasteiger partial charge in [-0.25, -0.2) is 0 Å². The first-order valence-electron chi connectivity index (χ1n) is 9.37. The van der Waals surface area contributed by atoms with Crippen molar-refractivity contribution in [3.8, 4) is 0 Å². The Balaban J connectivity index is 0.00000280. The standard InChI is InChI=1S/C24H26N2O.ClH/c1-20(23-15-9-4-10-16-23)26(19-22-13-7-3-8-14-22)24(27)18-25-17-21-11-5-2-6-12-21;/h2-16,20,25H,17-19H2,1H3;1H. The van der Waals surface area contributed by atoms with Gasteiger partial charge in [-0.1, -0.05) is 91.0 Å². The molecular formula is C24H27ClN2O. The Labute approximate surface area is 173 Å². The Morgan fingerprint density at radius 2 is 1.32 bits per heavy atom. The van der Waals surface area contributed by atoms with Gasteiger partial charge in [0, 0.05) is 13.1 Å². The largest absolute Gasteiger partial charge is 0.331 e. The van der Waals surface area contributed by atoms with Crippen LogP contribution in [-0.2, 0) is 17.9 Å². The first-order valence-corrected chi connectivity index (χ1v) is 9.37. The van der Waals surface area contributed by atoms with E-state index in [0.29, 0.717) is 19.6 Å². The van der Waals surface area contributed by atoms with Crippen molar-refractivity contribution in [3.05, 3.63) is 108 Å². The lowest BCUT2D eigenvalue weighted by Crippen LogP contribution is -2.39. The van der Waals surface area contributed by atoms with E-state index in [1.54, 1.807) is 0 Å². The molecular weight excluding hydrogens is 368 g/mol. The van der Waals surface area contributed by atoms with Crippen LogP contribution < -0.4 is 5.32 Å². The summed E-state index contributed by atoms with van der Waals surface area (Å²) in [7, 11) is 0. The maximum atomic E-state index is 13.0. The molecule has 4 heteroatoms. The van der Waals surface area contributed by atoms with Gasteiger partial charge in [0.15, 0.2) is 0 Å². The van der Waals surface area contributed by atoms with Crippen molar-refractivity contribution >= 4 is 18.3 Å². The molecule has 1 atom stereocenters. The number of amides is 1. The monoisotopic (exact) mass is 394 g/mol. The van der Waals surface area contributed by atoms with Gasteiger partial charge in [0.1, 0.15) is 0 Å². The summed E-state index contributed by atoms with van der Waals surface area (Å²) >= 11 is 0. The Kier molecular flexibility index (Phi) is 8.73. The van der Waals surface area contributed by atoms with Crippen LogP contribution in [0.5, 0.6) is 0 Å². The second-order valence-electron chi connectivity index (χ2n) is 6.68. The van der Waals surface area contributed by atoms with Crippen LogP contribution >= 0.6 is 12.4 Å². The van der Waals surface area contributed by atoms with E-state index in [1.807, 2.05) is 59.5 Å². The number of rotatable bonds is 8. The van der Waals surface area contributed by atoms with Crippen LogP contribution in [-0.4, -0.2) is 17.4 Å². The molecule has 3 nitrogen and oxygen atoms in total. The Bertz CT molecular complexity index is 825. The van der Waals surface area contributed by atoms with E-state index in [2.05, 4.69) is 48.6 Å². The zero-order valence-electron chi connectivity index (χ0n) is 16.1. The molecule has 0 aromatic heterocycles. The predicted molar refractivity (Wildman–Crippen MR) is 117 cm³/mol. The van der Waals surface area contributed by atoms with Crippen molar-refractivity contribution < 1.29 is 4.79 Å². The van der Waals surface area contributed by atoms with Crippen LogP contribution in [0.25, 0.3) is 0 Å². The third kappa shape index (κ3) is 6.22. The zero-order chi connectivity index (χ0) is 18.9. The molecule has 1 N–H and O–H groups in total. The third-order valence-corrected chi connectivity index (χ3v) is 4.71. The van der Waals surface area contributed by atoms with E-state index in [1.165, 1.54) is 5.56 Å². The summed E-state index contributed by atoms with van der Waals surface area (Å²) in [6, 6.07) is 30.5. The predicted octanol–water partition coefficient (Wildman–Crippen LogP) is 4.99. The van der Waals surface area contributed by atoms with Crippen LogP contribution in [0.4, 0.5) is 0 Å². The fraction of sp³-hybridized carbons (Fsp3) is 0.208. The minimum atomic E-state index is 0. The highest BCUT2D eigenvalue weighted by atomic mass is 35.5. The second kappa shape index (κ2) is 11.3. The number of nitrogens with zero attached hydrogens (tertiary/aromatic N) is 1. The molecule has 3 aromatic carbocycles. The summed E-state index contributed by atoms with van der Waals surface area (Å²) < 4.78 is 0. The number of hydrogen-bond donors (Lipinski definition) is 1. The number of carbonyl (C=O) groups is 1. The van der Waals surface area contributed by atoms with Crippen molar-refractivity contribution in [2.75, 3.05) is 6.54 Å². The van der Waals surface area contributed by atoms with Crippen LogP contribution in [0.1, 0.15) is 29.7 Å². The van der Waals surface area contributed by atoms with Gasteiger partial charge in [0.2, 0.25) is 5.91 Å². The first kappa shape index (κ1) is 21.7. The number of benzene rings is 3. The lowest BCUT2D eigenvalue weighted by atomic mass is 10.1. The smallest absolute Gasteiger partial charge is 0.237 e. The summed E-state index contributed by atoms with van der Waals surface area (Å²) in [6.45, 7) is 3.69. The van der Waals surface area contributed by atoms with E-state index in [9.17, 15) is 4.79 Å². The quantitative estimate of drug-likeness (QED) is 0.583. The molecule has 3 aromatic rings. The maximum Gasteiger partial charge on any atom is 0.237 e. The van der Waals surface area contributed by atoms with Crippen LogP contribution in [0.3, 0.4) is 0 Å². The molecule has 0 bridgehead atoms. The SMILES string of the molecule is CC(c1ccccc1)N(Cc1ccccc1)C(=O)CNCc1ccccc1.Cl. The Morgan fingerprint density at radius 1 is 0.821 bits per heavy atom. The van der Waals surface area contributed by atoms with Crippen molar-refractivity contribution in [1.29, 1.82) is 0 Å². The van der Waals surface area contributed by atoms with Gasteiger partial charge in [-0.15, -0.1) is 12.4 Å². The van der Waals surface area contributed by atoms with Gasteiger partial charge in [-0.3, -0.25) is 4.79 Å². The minimum absolute atomic E-state index is 0. The zero-order valence-corrected chi connectivity index (χ0v) is 16.9. The van der Waals surface area contributed by atoms with Gasteiger partial charge in [0.25, 0.3) is 0 Å². The number of hydrogen-bond acceptors (Lipinski definition) is 2. The lowest BCUT2D eigenvalue weighted by molar-refractivity contribution is -0.133. The van der Waals surface area contributed by atoms with E-state index < -0.39 is 0 Å². The molecule has 0 saturated heterocycles. The van der Waals surface area contributed by atoms with Crippen molar-refractivity contribution in [3.63, 3.8) is 0 Å². The fourth-order valence-corrected chi connectivity index (χ4v) is 3.14. The van der Waals surface area contributed by atoms with E-state index in [4.69, 9.17) is 0 Å². The van der Waals surface area contributed by atoms with Gasteiger partial charge >= 0.3 is 0 Å². The van der Waals surface area contributed by atoms with Crippen molar-refractivity contribution in [2.45, 2.75) is 26.1 Å². The number of carbonyl (C=O) groups excluding carboxylic acids is 1. The van der Waals surface area contributed by atoms with E-state index in [-0.39, 0.29) is 24.4 Å². The molecule has 0 aliphatic rings. The molecule has 0 fully saturated rings. The normalized spacial score (nSPS) is 11.3. The molecule has 0 aliphatic carbocycles. The van der Waals surface area contributed by atoms with Crippen LogP contribution in [0, 0.1) is 0 Å². The Hall–Kier alpha value is -2.62. The number of nitrogens with one attached hydrogen (secondary N) is 1. The third-order valence-electron chi connectivity index (χ3n) is 4.71. The summed E-state index contributed by atoms with van der Waals surface area (Å²) in [4.78, 5) is 15.0. The molecule has 146 valence electrons. The molecule has 1 unspecified atom stereocenters. The molecule has 0 aliphatic heterocycles. The second-order valence-corrected chi connectivity index (χ2v) is 6.68. The summed E-state index contributed by atoms with van der Waals surface area (Å²) in [5.41, 5.74) is 3.46. The topological polar surface area (TPSA) is 32.3 Å². The molecule has 0 heterocycles. The highest BCUT2D eigenvalue weighted by Crippen LogP contribution is 2.22. The molecule has 3 rings (SSSR count). The fourth-order valence-electron chi connectivity index (χ4n) is 3.14. The summed E-state index contributed by atoms with van der Waals surface area (Å²) in [6.07, 6.45) is 0. The van der Waals surface area contributed by atoms with Crippen LogP contribution in [0.2, 0.25) is 0 Å². The van der Waals surface area contributed by atoms with E-state index in [0.717, 1.165) is 11.1 Å². The molecule has 28 heavy (non-hydrogen) atoms. The van der Waals surface area contributed by atoms with Gasteiger partial charge < -0.3 is 10.2 Å².